The van der Waals surface area contributed by atoms with E-state index >= 15 is 0 Å². The molecule has 0 radical (unpaired) electrons. The van der Waals surface area contributed by atoms with Crippen LogP contribution in [-0.4, -0.2) is 17.5 Å². The molecule has 1 aliphatic heterocycles. The Balaban J connectivity index is 1.72. The van der Waals surface area contributed by atoms with Crippen molar-refractivity contribution in [3.63, 3.8) is 0 Å². The lowest BCUT2D eigenvalue weighted by Gasteiger charge is -2.44. The SMILES string of the molecule is NCc1ccc(CN2CCCC3CCCCC32)c(F)c1. The van der Waals surface area contributed by atoms with Crippen molar-refractivity contribution in [2.24, 2.45) is 11.7 Å². The van der Waals surface area contributed by atoms with Gasteiger partial charge in [-0.1, -0.05) is 25.0 Å². The summed E-state index contributed by atoms with van der Waals surface area (Å²) in [5, 5.41) is 0. The number of hydrogen-bond donors (Lipinski definition) is 1. The molecular formula is C17H25FN2. The van der Waals surface area contributed by atoms with Crippen molar-refractivity contribution in [3.05, 3.63) is 35.1 Å². The standard InChI is InChI=1S/C17H25FN2/c18-16-10-13(11-19)7-8-15(16)12-20-9-3-5-14-4-1-2-6-17(14)20/h7-8,10,14,17H,1-6,9,11-12,19H2. The number of nitrogens with zero attached hydrogens (tertiary/aromatic N) is 1. The predicted molar refractivity (Wildman–Crippen MR) is 79.7 cm³/mol. The predicted octanol–water partition coefficient (Wildman–Crippen LogP) is 3.44. The van der Waals surface area contributed by atoms with Gasteiger partial charge in [0.15, 0.2) is 0 Å². The van der Waals surface area contributed by atoms with Crippen LogP contribution in [0.15, 0.2) is 18.2 Å². The van der Waals surface area contributed by atoms with E-state index in [9.17, 15) is 4.39 Å². The van der Waals surface area contributed by atoms with Gasteiger partial charge in [0.05, 0.1) is 0 Å². The van der Waals surface area contributed by atoms with Gasteiger partial charge in [-0.3, -0.25) is 4.90 Å². The van der Waals surface area contributed by atoms with Crippen LogP contribution in [0.5, 0.6) is 0 Å². The Hall–Kier alpha value is -0.930. The number of nitrogens with two attached hydrogens (primary N) is 1. The molecule has 0 aromatic heterocycles. The second-order valence-electron chi connectivity index (χ2n) is 6.35. The minimum absolute atomic E-state index is 0.0918. The van der Waals surface area contributed by atoms with Crippen molar-refractivity contribution in [1.82, 2.24) is 4.90 Å². The smallest absolute Gasteiger partial charge is 0.128 e. The quantitative estimate of drug-likeness (QED) is 0.916. The largest absolute Gasteiger partial charge is 0.326 e. The van der Waals surface area contributed by atoms with Crippen molar-refractivity contribution in [2.75, 3.05) is 6.54 Å². The maximum Gasteiger partial charge on any atom is 0.128 e. The molecule has 2 aliphatic rings. The molecule has 2 atom stereocenters. The van der Waals surface area contributed by atoms with Crippen molar-refractivity contribution in [2.45, 2.75) is 57.7 Å². The number of rotatable bonds is 3. The van der Waals surface area contributed by atoms with E-state index in [4.69, 9.17) is 5.73 Å². The Morgan fingerprint density at radius 1 is 1.15 bits per heavy atom. The number of likely N-dealkylation sites (tertiary alicyclic amines) is 1. The molecule has 1 aliphatic carbocycles. The highest BCUT2D eigenvalue weighted by atomic mass is 19.1. The first-order valence-corrected chi connectivity index (χ1v) is 7.99. The van der Waals surface area contributed by atoms with Gasteiger partial charge in [0.25, 0.3) is 0 Å². The summed E-state index contributed by atoms with van der Waals surface area (Å²) in [5.41, 5.74) is 7.27. The van der Waals surface area contributed by atoms with Crippen LogP contribution in [-0.2, 0) is 13.1 Å². The summed E-state index contributed by atoms with van der Waals surface area (Å²) in [6.45, 7) is 2.29. The minimum Gasteiger partial charge on any atom is -0.326 e. The van der Waals surface area contributed by atoms with Crippen molar-refractivity contribution in [3.8, 4) is 0 Å². The zero-order valence-electron chi connectivity index (χ0n) is 12.2. The van der Waals surface area contributed by atoms with Crippen LogP contribution in [0.3, 0.4) is 0 Å². The third kappa shape index (κ3) is 2.89. The van der Waals surface area contributed by atoms with Gasteiger partial charge in [0.1, 0.15) is 5.82 Å². The fourth-order valence-corrected chi connectivity index (χ4v) is 3.99. The van der Waals surface area contributed by atoms with Crippen LogP contribution >= 0.6 is 0 Å². The van der Waals surface area contributed by atoms with Crippen LogP contribution in [0.4, 0.5) is 4.39 Å². The van der Waals surface area contributed by atoms with Crippen LogP contribution in [0.2, 0.25) is 0 Å². The fraction of sp³-hybridized carbons (Fsp3) is 0.647. The molecule has 2 fully saturated rings. The van der Waals surface area contributed by atoms with Gasteiger partial charge in [-0.2, -0.15) is 0 Å². The highest BCUT2D eigenvalue weighted by molar-refractivity contribution is 5.24. The lowest BCUT2D eigenvalue weighted by atomic mass is 9.78. The van der Waals surface area contributed by atoms with Crippen LogP contribution in [0.25, 0.3) is 0 Å². The summed E-state index contributed by atoms with van der Waals surface area (Å²) in [4.78, 5) is 2.52. The number of benzene rings is 1. The molecule has 1 saturated carbocycles. The van der Waals surface area contributed by atoms with E-state index in [1.54, 1.807) is 6.07 Å². The van der Waals surface area contributed by atoms with Gasteiger partial charge in [-0.25, -0.2) is 4.39 Å². The normalized spacial score (nSPS) is 27.3. The van der Waals surface area contributed by atoms with Crippen molar-refractivity contribution in [1.29, 1.82) is 0 Å². The number of halogens is 1. The summed E-state index contributed by atoms with van der Waals surface area (Å²) < 4.78 is 14.1. The summed E-state index contributed by atoms with van der Waals surface area (Å²) in [5.74, 6) is 0.759. The number of fused-ring (bicyclic) bond motifs is 1. The van der Waals surface area contributed by atoms with E-state index in [1.807, 2.05) is 12.1 Å². The Bertz CT molecular complexity index is 458. The average Bonchev–Trinajstić information content (AvgIpc) is 2.49. The summed E-state index contributed by atoms with van der Waals surface area (Å²) >= 11 is 0. The lowest BCUT2D eigenvalue weighted by molar-refractivity contribution is 0.0539. The molecule has 2 nitrogen and oxygen atoms in total. The maximum atomic E-state index is 14.1. The molecule has 0 amide bonds. The van der Waals surface area contributed by atoms with Crippen LogP contribution in [0, 0.1) is 11.7 Å². The van der Waals surface area contributed by atoms with E-state index in [2.05, 4.69) is 4.90 Å². The average molecular weight is 276 g/mol. The van der Waals surface area contributed by atoms with Crippen molar-refractivity contribution < 1.29 is 4.39 Å². The second-order valence-corrected chi connectivity index (χ2v) is 6.35. The lowest BCUT2D eigenvalue weighted by Crippen LogP contribution is -2.46. The molecule has 1 heterocycles. The molecule has 3 rings (SSSR count). The first-order chi connectivity index (χ1) is 9.78. The van der Waals surface area contributed by atoms with Gasteiger partial charge in [0.2, 0.25) is 0 Å². The van der Waals surface area contributed by atoms with E-state index in [0.29, 0.717) is 12.6 Å². The summed E-state index contributed by atoms with van der Waals surface area (Å²) in [7, 11) is 0. The van der Waals surface area contributed by atoms with Gasteiger partial charge >= 0.3 is 0 Å². The molecule has 0 spiro atoms. The molecule has 0 bridgehead atoms. The molecular weight excluding hydrogens is 251 g/mol. The molecule has 1 aromatic rings. The molecule has 2 unspecified atom stereocenters. The Morgan fingerprint density at radius 3 is 2.75 bits per heavy atom. The van der Waals surface area contributed by atoms with Gasteiger partial charge in [-0.05, 0) is 49.8 Å². The molecule has 1 aromatic carbocycles. The first-order valence-electron chi connectivity index (χ1n) is 7.99. The first kappa shape index (κ1) is 14.0. The van der Waals surface area contributed by atoms with E-state index in [0.717, 1.165) is 30.1 Å². The minimum atomic E-state index is -0.0918. The van der Waals surface area contributed by atoms with Crippen molar-refractivity contribution >= 4 is 0 Å². The fourth-order valence-electron chi connectivity index (χ4n) is 3.99. The third-order valence-electron chi connectivity index (χ3n) is 5.08. The number of piperidine rings is 1. The van der Waals surface area contributed by atoms with E-state index in [-0.39, 0.29) is 5.82 Å². The molecule has 110 valence electrons. The van der Waals surface area contributed by atoms with Gasteiger partial charge in [-0.15, -0.1) is 0 Å². The second kappa shape index (κ2) is 6.23. The maximum absolute atomic E-state index is 14.1. The Kier molecular flexibility index (Phi) is 4.37. The van der Waals surface area contributed by atoms with E-state index < -0.39 is 0 Å². The molecule has 20 heavy (non-hydrogen) atoms. The molecule has 2 N–H and O–H groups in total. The molecule has 3 heteroatoms. The Morgan fingerprint density at radius 2 is 1.95 bits per heavy atom. The third-order valence-corrected chi connectivity index (χ3v) is 5.08. The topological polar surface area (TPSA) is 29.3 Å². The zero-order chi connectivity index (χ0) is 13.9. The van der Waals surface area contributed by atoms with Crippen LogP contribution in [0.1, 0.15) is 49.7 Å². The zero-order valence-corrected chi connectivity index (χ0v) is 12.2. The monoisotopic (exact) mass is 276 g/mol. The highest BCUT2D eigenvalue weighted by Crippen LogP contribution is 2.36. The van der Waals surface area contributed by atoms with Crippen LogP contribution < -0.4 is 5.73 Å². The van der Waals surface area contributed by atoms with Gasteiger partial charge < -0.3 is 5.73 Å². The number of hydrogen-bond acceptors (Lipinski definition) is 2. The Labute approximate surface area is 121 Å². The summed E-state index contributed by atoms with van der Waals surface area (Å²) in [6, 6.07) is 6.16. The van der Waals surface area contributed by atoms with E-state index in [1.165, 1.54) is 38.5 Å². The highest BCUT2D eigenvalue weighted by Gasteiger charge is 2.33. The van der Waals surface area contributed by atoms with Gasteiger partial charge in [0, 0.05) is 24.7 Å². The molecule has 1 saturated heterocycles. The summed E-state index contributed by atoms with van der Waals surface area (Å²) in [6.07, 6.45) is 8.03.